The third-order valence-electron chi connectivity index (χ3n) is 3.32. The van der Waals surface area contributed by atoms with Gasteiger partial charge in [-0.25, -0.2) is 9.97 Å². The van der Waals surface area contributed by atoms with Crippen LogP contribution in [0.4, 0.5) is 5.82 Å². The lowest BCUT2D eigenvalue weighted by Gasteiger charge is -2.33. The molecule has 1 aliphatic heterocycles. The van der Waals surface area contributed by atoms with Gasteiger partial charge in [0.05, 0.1) is 0 Å². The number of piperidine rings is 1. The molecule has 1 saturated heterocycles. The number of aliphatic hydroxyl groups excluding tert-OH is 1. The van der Waals surface area contributed by atoms with Crippen molar-refractivity contribution < 1.29 is 5.11 Å². The summed E-state index contributed by atoms with van der Waals surface area (Å²) < 4.78 is 0. The van der Waals surface area contributed by atoms with Crippen LogP contribution in [0.3, 0.4) is 0 Å². The molecule has 100 valence electrons. The number of aliphatic hydroxyl groups is 1. The topological polar surface area (TPSA) is 49.2 Å². The molecular formula is C13H20ClN3O. The van der Waals surface area contributed by atoms with Crippen molar-refractivity contribution in [2.75, 3.05) is 24.6 Å². The van der Waals surface area contributed by atoms with E-state index in [1.807, 2.05) is 6.07 Å². The molecule has 0 saturated carbocycles. The van der Waals surface area contributed by atoms with Crippen molar-refractivity contribution in [3.63, 3.8) is 0 Å². The van der Waals surface area contributed by atoms with Crippen molar-refractivity contribution in [2.45, 2.75) is 32.6 Å². The van der Waals surface area contributed by atoms with Crippen LogP contribution in [0.5, 0.6) is 0 Å². The van der Waals surface area contributed by atoms with E-state index >= 15 is 0 Å². The van der Waals surface area contributed by atoms with E-state index < -0.39 is 0 Å². The molecule has 2 rings (SSSR count). The molecule has 0 amide bonds. The predicted octanol–water partition coefficient (Wildman–Crippen LogP) is 2.46. The summed E-state index contributed by atoms with van der Waals surface area (Å²) in [6, 6.07) is 1.81. The molecule has 18 heavy (non-hydrogen) atoms. The maximum atomic E-state index is 9.27. The summed E-state index contributed by atoms with van der Waals surface area (Å²) in [5, 5.41) is 9.76. The van der Waals surface area contributed by atoms with Gasteiger partial charge in [0.25, 0.3) is 0 Å². The fourth-order valence-corrected chi connectivity index (χ4v) is 2.45. The average molecular weight is 270 g/mol. The SMILES string of the molecule is CC(C)c1nc(Cl)cc(N2CCCC(CO)C2)n1. The number of nitrogens with zero attached hydrogens (tertiary/aromatic N) is 3. The summed E-state index contributed by atoms with van der Waals surface area (Å²) in [6.07, 6.45) is 2.17. The van der Waals surface area contributed by atoms with Gasteiger partial charge in [0.15, 0.2) is 0 Å². The Labute approximate surface area is 113 Å². The van der Waals surface area contributed by atoms with Crippen LogP contribution in [0, 0.1) is 5.92 Å². The van der Waals surface area contributed by atoms with E-state index in [2.05, 4.69) is 28.7 Å². The van der Waals surface area contributed by atoms with Gasteiger partial charge in [-0.05, 0) is 18.8 Å². The Morgan fingerprint density at radius 2 is 2.28 bits per heavy atom. The van der Waals surface area contributed by atoms with Crippen LogP contribution in [-0.2, 0) is 0 Å². The molecule has 1 fully saturated rings. The number of hydrogen-bond donors (Lipinski definition) is 1. The zero-order valence-electron chi connectivity index (χ0n) is 10.9. The highest BCUT2D eigenvalue weighted by molar-refractivity contribution is 6.29. The lowest BCUT2D eigenvalue weighted by atomic mass is 9.99. The van der Waals surface area contributed by atoms with E-state index in [9.17, 15) is 5.11 Å². The quantitative estimate of drug-likeness (QED) is 0.857. The molecule has 5 heteroatoms. The van der Waals surface area contributed by atoms with E-state index in [-0.39, 0.29) is 12.5 Å². The monoisotopic (exact) mass is 269 g/mol. The summed E-state index contributed by atoms with van der Waals surface area (Å²) >= 11 is 6.06. The highest BCUT2D eigenvalue weighted by atomic mass is 35.5. The first kappa shape index (κ1) is 13.6. The van der Waals surface area contributed by atoms with Crippen LogP contribution >= 0.6 is 11.6 Å². The minimum absolute atomic E-state index is 0.242. The fourth-order valence-electron chi connectivity index (χ4n) is 2.27. The normalized spacial score (nSPS) is 20.5. The van der Waals surface area contributed by atoms with Crippen LogP contribution in [0.1, 0.15) is 38.4 Å². The largest absolute Gasteiger partial charge is 0.396 e. The van der Waals surface area contributed by atoms with E-state index in [4.69, 9.17) is 11.6 Å². The van der Waals surface area contributed by atoms with Gasteiger partial charge in [-0.1, -0.05) is 25.4 Å². The van der Waals surface area contributed by atoms with Gasteiger partial charge in [0.1, 0.15) is 16.8 Å². The Balaban J connectivity index is 2.21. The number of aromatic nitrogens is 2. The Morgan fingerprint density at radius 1 is 1.50 bits per heavy atom. The van der Waals surface area contributed by atoms with Crippen molar-refractivity contribution in [1.82, 2.24) is 9.97 Å². The summed E-state index contributed by atoms with van der Waals surface area (Å²) in [4.78, 5) is 11.0. The van der Waals surface area contributed by atoms with Crippen molar-refractivity contribution >= 4 is 17.4 Å². The first-order chi connectivity index (χ1) is 8.60. The molecule has 1 aromatic rings. The van der Waals surface area contributed by atoms with Crippen LogP contribution in [0.2, 0.25) is 5.15 Å². The van der Waals surface area contributed by atoms with Crippen LogP contribution in [0.25, 0.3) is 0 Å². The molecular weight excluding hydrogens is 250 g/mol. The molecule has 1 N–H and O–H groups in total. The predicted molar refractivity (Wildman–Crippen MR) is 73.2 cm³/mol. The van der Waals surface area contributed by atoms with Crippen molar-refractivity contribution in [3.05, 3.63) is 17.0 Å². The van der Waals surface area contributed by atoms with E-state index in [0.29, 0.717) is 11.1 Å². The minimum atomic E-state index is 0.242. The third kappa shape index (κ3) is 3.12. The van der Waals surface area contributed by atoms with Crippen LogP contribution in [-0.4, -0.2) is 34.8 Å². The molecule has 1 aliphatic rings. The maximum absolute atomic E-state index is 9.27. The second-order valence-electron chi connectivity index (χ2n) is 5.20. The Bertz CT molecular complexity index is 411. The fraction of sp³-hybridized carbons (Fsp3) is 0.692. The summed E-state index contributed by atoms with van der Waals surface area (Å²) in [7, 11) is 0. The molecule has 1 unspecified atom stereocenters. The molecule has 0 aliphatic carbocycles. The molecule has 0 aromatic carbocycles. The Kier molecular flexibility index (Phi) is 4.40. The maximum Gasteiger partial charge on any atom is 0.135 e. The second-order valence-corrected chi connectivity index (χ2v) is 5.59. The van der Waals surface area contributed by atoms with Gasteiger partial charge in [-0.3, -0.25) is 0 Å². The van der Waals surface area contributed by atoms with Gasteiger partial charge in [-0.15, -0.1) is 0 Å². The molecule has 0 radical (unpaired) electrons. The second kappa shape index (κ2) is 5.85. The Morgan fingerprint density at radius 3 is 2.94 bits per heavy atom. The summed E-state index contributed by atoms with van der Waals surface area (Å²) in [5.74, 6) is 2.27. The van der Waals surface area contributed by atoms with E-state index in [0.717, 1.165) is 37.6 Å². The Hall–Kier alpha value is -0.870. The van der Waals surface area contributed by atoms with Gasteiger partial charge in [0, 0.05) is 31.7 Å². The molecule has 1 atom stereocenters. The molecule has 1 aromatic heterocycles. The van der Waals surface area contributed by atoms with Crippen LogP contribution in [0.15, 0.2) is 6.07 Å². The number of hydrogen-bond acceptors (Lipinski definition) is 4. The highest BCUT2D eigenvalue weighted by Gasteiger charge is 2.21. The molecule has 0 spiro atoms. The smallest absolute Gasteiger partial charge is 0.135 e. The first-order valence-electron chi connectivity index (χ1n) is 6.50. The minimum Gasteiger partial charge on any atom is -0.396 e. The molecule has 0 bridgehead atoms. The first-order valence-corrected chi connectivity index (χ1v) is 6.88. The van der Waals surface area contributed by atoms with Gasteiger partial charge >= 0.3 is 0 Å². The van der Waals surface area contributed by atoms with E-state index in [1.54, 1.807) is 0 Å². The van der Waals surface area contributed by atoms with Crippen molar-refractivity contribution in [3.8, 4) is 0 Å². The molecule has 2 heterocycles. The highest BCUT2D eigenvalue weighted by Crippen LogP contribution is 2.24. The van der Waals surface area contributed by atoms with Gasteiger partial charge < -0.3 is 10.0 Å². The number of anilines is 1. The third-order valence-corrected chi connectivity index (χ3v) is 3.51. The van der Waals surface area contributed by atoms with Crippen LogP contribution < -0.4 is 4.90 Å². The summed E-state index contributed by atoms with van der Waals surface area (Å²) in [6.45, 7) is 6.18. The van der Waals surface area contributed by atoms with Gasteiger partial charge in [-0.2, -0.15) is 0 Å². The zero-order valence-corrected chi connectivity index (χ0v) is 11.7. The zero-order chi connectivity index (χ0) is 13.1. The standard InChI is InChI=1S/C13H20ClN3O/c1-9(2)13-15-11(14)6-12(16-13)17-5-3-4-10(7-17)8-18/h6,9-10,18H,3-5,7-8H2,1-2H3. The number of halogens is 1. The average Bonchev–Trinajstić information content (AvgIpc) is 2.38. The number of rotatable bonds is 3. The van der Waals surface area contributed by atoms with Crippen molar-refractivity contribution in [2.24, 2.45) is 5.92 Å². The lowest BCUT2D eigenvalue weighted by molar-refractivity contribution is 0.208. The van der Waals surface area contributed by atoms with Crippen molar-refractivity contribution in [1.29, 1.82) is 0 Å². The van der Waals surface area contributed by atoms with E-state index in [1.165, 1.54) is 0 Å². The summed E-state index contributed by atoms with van der Waals surface area (Å²) in [5.41, 5.74) is 0. The van der Waals surface area contributed by atoms with Gasteiger partial charge in [0.2, 0.25) is 0 Å². The molecule has 4 nitrogen and oxygen atoms in total. The lowest BCUT2D eigenvalue weighted by Crippen LogP contribution is -2.37.